The van der Waals surface area contributed by atoms with Crippen LogP contribution in [0.4, 0.5) is 110 Å². The highest BCUT2D eigenvalue weighted by atomic mass is 19.4. The molecule has 7 atom stereocenters. The topological polar surface area (TPSA) is 312 Å². The number of nitriles is 1. The number of rotatable bonds is 21. The summed E-state index contributed by atoms with van der Waals surface area (Å²) in [6, 6.07) is 15.6. The SMILES string of the molecule is CC(C(=O)Nc1nc2c(F)cc(C(C)(C)O)cc2n1C1CCC1)C1(C)CCC1.CC(C)(C)n1c(NC(=O)CC2CC(F)(F)C2(C)F)nc2c(F)cc(C#N)c(F)c21.CC(C)(O)c1ccc2nc(NC(=O)CC3CC(F)(F)C3(C)F)n(C3(C)CCC3)c2c1.CC1(n2c(NC(=O)CC3CC(F)(F)C3(C)F)nc3cc(F)c(F)cc32)CCC1.[C-]#[N+]c1ccc2nc(NC(=O)CC(C)(C)C)n(C3CCC3)c2c1OC(F)(F)F. The van der Waals surface area contributed by atoms with Crippen LogP contribution in [0.2, 0.25) is 0 Å². The highest BCUT2D eigenvalue weighted by Crippen LogP contribution is 2.59. The Kier molecular flexibility index (Phi) is 28.3. The summed E-state index contributed by atoms with van der Waals surface area (Å²) in [5, 5.41) is 43.1. The summed E-state index contributed by atoms with van der Waals surface area (Å²) in [5.41, 5.74) is -9.26. The van der Waals surface area contributed by atoms with Crippen LogP contribution in [0.15, 0.2) is 60.7 Å². The number of ether oxygens (including phenoxy) is 1. The molecule has 5 aromatic carbocycles. The number of nitrogens with one attached hydrogen (secondary N) is 5. The number of alkyl halides is 12. The van der Waals surface area contributed by atoms with E-state index in [4.69, 9.17) is 11.8 Å². The molecule has 10 aromatic rings. The number of anilines is 5. The van der Waals surface area contributed by atoms with E-state index in [0.717, 1.165) is 134 Å². The molecule has 774 valence electrons. The normalized spacial score (nSPS) is 23.0. The van der Waals surface area contributed by atoms with Crippen molar-refractivity contribution in [3.8, 4) is 11.8 Å². The fraction of sp³-hybridized carbons (Fsp3) is 0.584. The van der Waals surface area contributed by atoms with E-state index < -0.39 is 177 Å². The average molecular weight is 2020 g/mol. The number of amides is 5. The molecule has 8 saturated carbocycles. The second-order valence-electron chi connectivity index (χ2n) is 44.1. The van der Waals surface area contributed by atoms with E-state index in [1.165, 1.54) is 29.2 Å². The number of halogens is 17. The summed E-state index contributed by atoms with van der Waals surface area (Å²) >= 11 is 0. The van der Waals surface area contributed by atoms with Gasteiger partial charge in [0.2, 0.25) is 65.0 Å². The van der Waals surface area contributed by atoms with Gasteiger partial charge in [-0.3, -0.25) is 50.6 Å². The summed E-state index contributed by atoms with van der Waals surface area (Å²) in [6.45, 7) is 35.1. The van der Waals surface area contributed by atoms with Crippen LogP contribution in [0, 0.1) is 81.5 Å². The summed E-state index contributed by atoms with van der Waals surface area (Å²) in [6.07, 6.45) is 6.03. The molecule has 8 aliphatic carbocycles. The van der Waals surface area contributed by atoms with Crippen molar-refractivity contribution in [1.29, 1.82) is 5.26 Å². The van der Waals surface area contributed by atoms with Crippen LogP contribution in [0.25, 0.3) is 60.0 Å². The van der Waals surface area contributed by atoms with Gasteiger partial charge in [-0.05, 0) is 231 Å². The van der Waals surface area contributed by atoms with Crippen molar-refractivity contribution in [1.82, 2.24) is 47.8 Å². The van der Waals surface area contributed by atoms with E-state index in [-0.39, 0.29) is 110 Å². The fourth-order valence-corrected chi connectivity index (χ4v) is 19.7. The first-order valence-electron chi connectivity index (χ1n) is 47.8. The molecule has 18 rings (SSSR count). The van der Waals surface area contributed by atoms with Crippen molar-refractivity contribution in [3.63, 3.8) is 0 Å². The molecular formula is C101H118F17N17O8. The summed E-state index contributed by atoms with van der Waals surface area (Å²) in [4.78, 5) is 87.3. The summed E-state index contributed by atoms with van der Waals surface area (Å²) < 4.78 is 245. The molecule has 5 aromatic heterocycles. The van der Waals surface area contributed by atoms with Crippen LogP contribution >= 0.6 is 0 Å². The Bertz CT molecular complexity index is 6730. The minimum atomic E-state index is -4.95. The zero-order chi connectivity index (χ0) is 105. The number of hydrogen-bond acceptors (Lipinski definition) is 14. The van der Waals surface area contributed by atoms with E-state index in [1.807, 2.05) is 49.8 Å². The first-order chi connectivity index (χ1) is 66.0. The zero-order valence-corrected chi connectivity index (χ0v) is 82.4. The molecule has 5 heterocycles. The van der Waals surface area contributed by atoms with Gasteiger partial charge in [-0.2, -0.15) is 5.26 Å². The lowest BCUT2D eigenvalue weighted by Gasteiger charge is -2.47. The highest BCUT2D eigenvalue weighted by molar-refractivity contribution is 5.98. The Morgan fingerprint density at radius 3 is 1.34 bits per heavy atom. The second-order valence-corrected chi connectivity index (χ2v) is 44.1. The van der Waals surface area contributed by atoms with Crippen molar-refractivity contribution in [3.05, 3.63) is 118 Å². The van der Waals surface area contributed by atoms with Crippen molar-refractivity contribution in [2.45, 2.75) is 340 Å². The van der Waals surface area contributed by atoms with Crippen molar-refractivity contribution in [2.75, 3.05) is 26.6 Å². The van der Waals surface area contributed by atoms with E-state index >= 15 is 0 Å². The van der Waals surface area contributed by atoms with Crippen LogP contribution in [-0.4, -0.2) is 129 Å². The Morgan fingerprint density at radius 2 is 0.923 bits per heavy atom. The summed E-state index contributed by atoms with van der Waals surface area (Å²) in [5.74, 6) is -20.4. The molecule has 8 fully saturated rings. The maximum atomic E-state index is 14.8. The first-order valence-corrected chi connectivity index (χ1v) is 47.8. The van der Waals surface area contributed by atoms with Gasteiger partial charge in [0.1, 0.15) is 28.1 Å². The van der Waals surface area contributed by atoms with E-state index in [0.29, 0.717) is 40.1 Å². The Labute approximate surface area is 813 Å². The number of aliphatic hydroxyl groups is 2. The Morgan fingerprint density at radius 1 is 0.497 bits per heavy atom. The number of carbonyl (C=O) groups is 5. The molecule has 7 unspecified atom stereocenters. The molecule has 0 bridgehead atoms. The maximum absolute atomic E-state index is 14.8. The number of benzene rings is 5. The van der Waals surface area contributed by atoms with Crippen molar-refractivity contribution < 1.29 is 114 Å². The Hall–Kier alpha value is -11.7. The van der Waals surface area contributed by atoms with Crippen LogP contribution in [0.3, 0.4) is 0 Å². The number of nitrogens with zero attached hydrogens (tertiary/aromatic N) is 12. The van der Waals surface area contributed by atoms with E-state index in [9.17, 15) is 109 Å². The molecule has 7 N–H and O–H groups in total. The van der Waals surface area contributed by atoms with Crippen molar-refractivity contribution in [2.24, 2.45) is 34.5 Å². The third-order valence-corrected chi connectivity index (χ3v) is 30.2. The minimum absolute atomic E-state index is 0.0384. The van der Waals surface area contributed by atoms with Gasteiger partial charge in [0.25, 0.3) is 17.8 Å². The first kappa shape index (κ1) is 107. The number of imidazole rings is 5. The van der Waals surface area contributed by atoms with Gasteiger partial charge < -0.3 is 37.8 Å². The fourth-order valence-electron chi connectivity index (χ4n) is 19.7. The molecule has 42 heteroatoms. The molecule has 0 spiro atoms. The highest BCUT2D eigenvalue weighted by Gasteiger charge is 2.69. The number of carbonyl (C=O) groups excluding carboxylic acids is 5. The lowest BCUT2D eigenvalue weighted by Crippen LogP contribution is -2.60. The minimum Gasteiger partial charge on any atom is -0.415 e. The monoisotopic (exact) mass is 2020 g/mol. The smallest absolute Gasteiger partial charge is 0.415 e. The predicted octanol–water partition coefficient (Wildman–Crippen LogP) is 24.9. The van der Waals surface area contributed by atoms with Gasteiger partial charge in [0, 0.05) is 109 Å². The van der Waals surface area contributed by atoms with Crippen molar-refractivity contribution >= 4 is 120 Å². The molecular weight excluding hydrogens is 1900 g/mol. The number of hydrogen-bond donors (Lipinski definition) is 7. The third kappa shape index (κ3) is 20.9. The van der Waals surface area contributed by atoms with Crippen LogP contribution in [0.1, 0.15) is 288 Å². The molecule has 25 nitrogen and oxygen atoms in total. The van der Waals surface area contributed by atoms with Gasteiger partial charge in [-0.15, -0.1) is 13.2 Å². The standard InChI is InChI=1S/C22H28F3N3O2.C22H30FN3O2.C19H19F5N4O.C19H20F5N3O.C19H21F3N4O2/c1-19(2,30)13-6-7-15-16(10-13)28(20(3)8-5-9-20)18(26-15)27-17(29)11-14-12-22(24,25)21(14,4)23;1-13(22(4)9-6-10-22)19(27)25-20-24-18-16(23)11-14(21(2,3)28)12-17(18)26(20)15-7-5-8-15;1-17(2,3)28-15-13(21)9(8-25)5-11(20)14(15)27-16(28)26-12(29)6-10-7-19(23,24)18(10,4)22;1-17(4-3-5-17)27-14-8-12(21)11(20)7-13(14)25-16(27)26-15(28)6-10-9-19(23,24)18(10,2)22;1-18(2,3)10-14(27)25-17-24-12-8-9-13(23-4)16(28-19(20,21)22)15(12)26(17)11-6-5-7-11/h6-7,10,14,30H,5,8-9,11-12H2,1-4H3,(H,26,27,29);11-13,15,28H,5-10H2,1-4H3,(H,24,25,27);5,10H,6-7H2,1-4H3,(H,26,27,29);7-8,10H,3-6,9H2,1-2H3,(H,25,26,28);8-9,11H,5-7,10H2,1-3H3,(H,24,25,27). The Balaban J connectivity index is 0.000000142. The number of aromatic nitrogens is 10. The quantitative estimate of drug-likeness (QED) is 0.0260. The van der Waals surface area contributed by atoms with Gasteiger partial charge in [0.15, 0.2) is 51.8 Å². The molecule has 0 aliphatic heterocycles. The molecule has 0 radical (unpaired) electrons. The molecule has 5 amide bonds. The lowest BCUT2D eigenvalue weighted by atomic mass is 9.63. The number of fused-ring (bicyclic) bond motifs is 5. The second kappa shape index (κ2) is 37.7. The van der Waals surface area contributed by atoms with E-state index in [2.05, 4.69) is 74.9 Å². The van der Waals surface area contributed by atoms with Crippen LogP contribution in [-0.2, 0) is 51.8 Å². The average Bonchev–Trinajstić information content (AvgIpc) is 1.68. The van der Waals surface area contributed by atoms with Gasteiger partial charge >= 0.3 is 6.36 Å². The molecule has 143 heavy (non-hydrogen) atoms. The van der Waals surface area contributed by atoms with Gasteiger partial charge in [-0.25, -0.2) is 91.2 Å². The molecule has 8 aliphatic rings. The van der Waals surface area contributed by atoms with E-state index in [1.54, 1.807) is 81.9 Å². The molecule has 0 saturated heterocycles. The summed E-state index contributed by atoms with van der Waals surface area (Å²) in [7, 11) is 0. The van der Waals surface area contributed by atoms with Crippen LogP contribution < -0.4 is 31.3 Å². The van der Waals surface area contributed by atoms with Crippen LogP contribution in [0.5, 0.6) is 5.75 Å². The third-order valence-electron chi connectivity index (χ3n) is 30.2. The predicted molar refractivity (Wildman–Crippen MR) is 502 cm³/mol. The zero-order valence-electron chi connectivity index (χ0n) is 82.4. The lowest BCUT2D eigenvalue weighted by molar-refractivity contribution is -0.273. The van der Waals surface area contributed by atoms with Gasteiger partial charge in [0.05, 0.1) is 56.4 Å². The maximum Gasteiger partial charge on any atom is 0.571 e. The largest absolute Gasteiger partial charge is 0.571 e. The van der Waals surface area contributed by atoms with Gasteiger partial charge in [-0.1, -0.05) is 53.2 Å².